The zero-order valence-corrected chi connectivity index (χ0v) is 5.17. The third-order valence-corrected chi connectivity index (χ3v) is 0.985. The summed E-state index contributed by atoms with van der Waals surface area (Å²) in [6, 6.07) is -0.220. The molecule has 0 amide bonds. The summed E-state index contributed by atoms with van der Waals surface area (Å²) in [7, 11) is 0. The highest BCUT2D eigenvalue weighted by Crippen LogP contribution is 1.92. The lowest BCUT2D eigenvalue weighted by molar-refractivity contribution is -0.305. The van der Waals surface area contributed by atoms with Crippen molar-refractivity contribution in [2.75, 3.05) is 0 Å². The Bertz CT molecular complexity index is 112. The number of carbonyl (C=O) groups excluding carboxylic acids is 1. The molecule has 0 heterocycles. The number of hydrogen-bond donors (Lipinski definition) is 1. The number of rotatable bonds is 4. The highest BCUT2D eigenvalue weighted by Gasteiger charge is 1.94. The first kappa shape index (κ1) is 8.17. The molecule has 1 unspecified atom stereocenters. The molecule has 3 nitrogen and oxygen atoms in total. The summed E-state index contributed by atoms with van der Waals surface area (Å²) in [5, 5.41) is 9.82. The molecule has 52 valence electrons. The van der Waals surface area contributed by atoms with Gasteiger partial charge in [-0.3, -0.25) is 0 Å². The van der Waals surface area contributed by atoms with Crippen LogP contribution in [0.1, 0.15) is 12.8 Å². The summed E-state index contributed by atoms with van der Waals surface area (Å²) in [5.41, 5.74) is 5.31. The van der Waals surface area contributed by atoms with Crippen LogP contribution in [0.5, 0.6) is 0 Å². The number of carbonyl (C=O) groups is 1. The van der Waals surface area contributed by atoms with Crippen molar-refractivity contribution in [3.8, 4) is 0 Å². The monoisotopic (exact) mass is 128 g/mol. The van der Waals surface area contributed by atoms with Gasteiger partial charge in [-0.25, -0.2) is 0 Å². The van der Waals surface area contributed by atoms with Crippen LogP contribution in [0.3, 0.4) is 0 Å². The van der Waals surface area contributed by atoms with E-state index in [-0.39, 0.29) is 12.5 Å². The SMILES string of the molecule is C=CC(N)CCC(=O)[O-]. The predicted molar refractivity (Wildman–Crippen MR) is 32.4 cm³/mol. The van der Waals surface area contributed by atoms with Crippen LogP contribution in [0.25, 0.3) is 0 Å². The Labute approximate surface area is 54.2 Å². The minimum Gasteiger partial charge on any atom is -0.550 e. The Hall–Kier alpha value is -0.830. The molecule has 0 saturated carbocycles. The molecule has 0 saturated heterocycles. The molecular weight excluding hydrogens is 118 g/mol. The molecule has 0 spiro atoms. The average molecular weight is 128 g/mol. The minimum atomic E-state index is -1.06. The molecular formula is C6H10NO2-. The third kappa shape index (κ3) is 5.03. The third-order valence-electron chi connectivity index (χ3n) is 0.985. The molecule has 0 aromatic rings. The Morgan fingerprint density at radius 3 is 2.78 bits per heavy atom. The van der Waals surface area contributed by atoms with E-state index in [0.717, 1.165) is 0 Å². The maximum absolute atomic E-state index is 9.82. The maximum atomic E-state index is 9.82. The van der Waals surface area contributed by atoms with Crippen molar-refractivity contribution in [1.29, 1.82) is 0 Å². The first-order valence-electron chi connectivity index (χ1n) is 2.74. The zero-order chi connectivity index (χ0) is 7.28. The zero-order valence-electron chi connectivity index (χ0n) is 5.17. The lowest BCUT2D eigenvalue weighted by Gasteiger charge is -2.04. The van der Waals surface area contributed by atoms with Gasteiger partial charge in [-0.15, -0.1) is 6.58 Å². The van der Waals surface area contributed by atoms with E-state index in [0.29, 0.717) is 6.42 Å². The van der Waals surface area contributed by atoms with Gasteiger partial charge in [0.15, 0.2) is 0 Å². The van der Waals surface area contributed by atoms with Gasteiger partial charge >= 0.3 is 0 Å². The molecule has 0 rings (SSSR count). The molecule has 0 aliphatic heterocycles. The van der Waals surface area contributed by atoms with E-state index < -0.39 is 5.97 Å². The van der Waals surface area contributed by atoms with Gasteiger partial charge < -0.3 is 15.6 Å². The summed E-state index contributed by atoms with van der Waals surface area (Å²) in [4.78, 5) is 9.82. The van der Waals surface area contributed by atoms with Gasteiger partial charge in [0.2, 0.25) is 0 Å². The van der Waals surface area contributed by atoms with Crippen LogP contribution in [0, 0.1) is 0 Å². The number of aliphatic carboxylic acids is 1. The standard InChI is InChI=1S/C6H11NO2/c1-2-5(7)3-4-6(8)9/h2,5H,1,3-4,7H2,(H,8,9)/p-1. The fraction of sp³-hybridized carbons (Fsp3) is 0.500. The van der Waals surface area contributed by atoms with Gasteiger partial charge in [0.05, 0.1) is 0 Å². The van der Waals surface area contributed by atoms with Crippen molar-refractivity contribution >= 4 is 5.97 Å². The highest BCUT2D eigenvalue weighted by atomic mass is 16.4. The summed E-state index contributed by atoms with van der Waals surface area (Å²) in [6.45, 7) is 3.40. The molecule has 0 aliphatic carbocycles. The number of carboxylic acid groups (broad SMARTS) is 1. The normalized spacial score (nSPS) is 12.6. The lowest BCUT2D eigenvalue weighted by atomic mass is 10.2. The Morgan fingerprint density at radius 1 is 1.89 bits per heavy atom. The fourth-order valence-electron chi connectivity index (χ4n) is 0.402. The summed E-state index contributed by atoms with van der Waals surface area (Å²) >= 11 is 0. The van der Waals surface area contributed by atoms with E-state index in [1.165, 1.54) is 6.08 Å². The number of hydrogen-bond acceptors (Lipinski definition) is 3. The van der Waals surface area contributed by atoms with Gasteiger partial charge in [-0.1, -0.05) is 6.08 Å². The van der Waals surface area contributed by atoms with E-state index in [1.807, 2.05) is 0 Å². The molecule has 0 aliphatic rings. The highest BCUT2D eigenvalue weighted by molar-refractivity contribution is 5.64. The topological polar surface area (TPSA) is 66.2 Å². The molecule has 0 fully saturated rings. The first-order chi connectivity index (χ1) is 4.16. The van der Waals surface area contributed by atoms with Crippen LogP contribution < -0.4 is 10.8 Å². The molecule has 0 aromatic heterocycles. The van der Waals surface area contributed by atoms with Gasteiger partial charge in [0.25, 0.3) is 0 Å². The minimum absolute atomic E-state index is 0.00713. The van der Waals surface area contributed by atoms with Gasteiger partial charge in [-0.05, 0) is 12.8 Å². The Kier molecular flexibility index (Phi) is 3.71. The maximum Gasteiger partial charge on any atom is 0.0415 e. The van der Waals surface area contributed by atoms with Crippen LogP contribution in [0.4, 0.5) is 0 Å². The smallest absolute Gasteiger partial charge is 0.0415 e. The molecule has 2 N–H and O–H groups in total. The van der Waals surface area contributed by atoms with E-state index >= 15 is 0 Å². The van der Waals surface area contributed by atoms with Crippen molar-refractivity contribution in [3.05, 3.63) is 12.7 Å². The van der Waals surface area contributed by atoms with Gasteiger partial charge in [-0.2, -0.15) is 0 Å². The molecule has 3 heteroatoms. The predicted octanol–water partition coefficient (Wildman–Crippen LogP) is -0.970. The quantitative estimate of drug-likeness (QED) is 0.495. The van der Waals surface area contributed by atoms with E-state index in [9.17, 15) is 9.90 Å². The average Bonchev–Trinajstić information content (AvgIpc) is 1.83. The summed E-state index contributed by atoms with van der Waals surface area (Å²) < 4.78 is 0. The van der Waals surface area contributed by atoms with Crippen LogP contribution in [-0.4, -0.2) is 12.0 Å². The van der Waals surface area contributed by atoms with E-state index in [1.54, 1.807) is 0 Å². The number of carboxylic acids is 1. The lowest BCUT2D eigenvalue weighted by Crippen LogP contribution is -2.25. The van der Waals surface area contributed by atoms with Crippen molar-refractivity contribution in [2.45, 2.75) is 18.9 Å². The molecule has 0 bridgehead atoms. The largest absolute Gasteiger partial charge is 0.550 e. The summed E-state index contributed by atoms with van der Waals surface area (Å²) in [6.07, 6.45) is 1.93. The van der Waals surface area contributed by atoms with Crippen molar-refractivity contribution in [3.63, 3.8) is 0 Å². The van der Waals surface area contributed by atoms with Gasteiger partial charge in [0.1, 0.15) is 0 Å². The second kappa shape index (κ2) is 4.09. The molecule has 0 radical (unpaired) electrons. The summed E-state index contributed by atoms with van der Waals surface area (Å²) in [5.74, 6) is -1.06. The Balaban J connectivity index is 3.26. The molecule has 1 atom stereocenters. The second-order valence-electron chi connectivity index (χ2n) is 1.81. The van der Waals surface area contributed by atoms with Crippen LogP contribution in [-0.2, 0) is 4.79 Å². The van der Waals surface area contributed by atoms with Crippen molar-refractivity contribution < 1.29 is 9.90 Å². The Morgan fingerprint density at radius 2 is 2.44 bits per heavy atom. The fourth-order valence-corrected chi connectivity index (χ4v) is 0.402. The van der Waals surface area contributed by atoms with Crippen molar-refractivity contribution in [1.82, 2.24) is 0 Å². The first-order valence-corrected chi connectivity index (χ1v) is 2.74. The van der Waals surface area contributed by atoms with Crippen LogP contribution >= 0.6 is 0 Å². The molecule has 0 aromatic carbocycles. The van der Waals surface area contributed by atoms with Crippen LogP contribution in [0.15, 0.2) is 12.7 Å². The van der Waals surface area contributed by atoms with Crippen LogP contribution in [0.2, 0.25) is 0 Å². The van der Waals surface area contributed by atoms with Gasteiger partial charge in [0, 0.05) is 12.0 Å². The number of nitrogens with two attached hydrogens (primary N) is 1. The molecule has 9 heavy (non-hydrogen) atoms. The van der Waals surface area contributed by atoms with E-state index in [4.69, 9.17) is 5.73 Å². The second-order valence-corrected chi connectivity index (χ2v) is 1.81. The van der Waals surface area contributed by atoms with E-state index in [2.05, 4.69) is 6.58 Å². The van der Waals surface area contributed by atoms with Crippen molar-refractivity contribution in [2.24, 2.45) is 5.73 Å².